The number of hydrogen-bond donors (Lipinski definition) is 0. The van der Waals surface area contributed by atoms with E-state index in [2.05, 4.69) is 190 Å². The Morgan fingerprint density at radius 1 is 0.243 bits per heavy atom. The first-order chi connectivity index (χ1) is 34.5. The lowest BCUT2D eigenvalue weighted by Gasteiger charge is -2.08. The Morgan fingerprint density at radius 2 is 0.657 bits per heavy atom. The van der Waals surface area contributed by atoms with Crippen LogP contribution in [0, 0.1) is 13.8 Å². The summed E-state index contributed by atoms with van der Waals surface area (Å²) in [6.45, 7) is 12.2. The summed E-state index contributed by atoms with van der Waals surface area (Å²) < 4.78 is 24.6. The fourth-order valence-corrected chi connectivity index (χ4v) is 9.80. The van der Waals surface area contributed by atoms with Crippen LogP contribution in [-0.2, 0) is 0 Å². The van der Waals surface area contributed by atoms with Crippen molar-refractivity contribution in [3.05, 3.63) is 217 Å². The maximum Gasteiger partial charge on any atom is 0.143 e. The highest BCUT2D eigenvalue weighted by atomic mass is 16.3. The van der Waals surface area contributed by atoms with Crippen molar-refractivity contribution in [1.29, 1.82) is 0 Å². The van der Waals surface area contributed by atoms with Crippen LogP contribution in [-0.4, -0.2) is 0 Å². The van der Waals surface area contributed by atoms with Gasteiger partial charge < -0.3 is 17.7 Å². The molecule has 10 aromatic carbocycles. The summed E-state index contributed by atoms with van der Waals surface area (Å²) in [5.41, 5.74) is 19.1. The second kappa shape index (κ2) is 18.5. The SMILES string of the molecule is CC.CC.Cc1ccc2oc3ccc(-c4cc(-c5ccccc5)c5oc6ccccc6c5c4)cc3c2c1.Cc1cccc2c1oc1ccc(-c3cccc(-c4ccc5oc6ccccc6c5c4)c3)cc12. The molecule has 0 saturated heterocycles. The summed E-state index contributed by atoms with van der Waals surface area (Å²) in [6, 6.07) is 72.2. The van der Waals surface area contributed by atoms with Crippen molar-refractivity contribution >= 4 is 87.8 Å². The number of rotatable bonds is 4. The van der Waals surface area contributed by atoms with Gasteiger partial charge in [-0.2, -0.15) is 0 Å². The van der Waals surface area contributed by atoms with Crippen LogP contribution in [0.1, 0.15) is 38.8 Å². The summed E-state index contributed by atoms with van der Waals surface area (Å²) in [4.78, 5) is 0. The quantitative estimate of drug-likeness (QED) is 0.177. The molecule has 0 aliphatic rings. The van der Waals surface area contributed by atoms with Crippen molar-refractivity contribution in [1.82, 2.24) is 0 Å². The zero-order valence-electron chi connectivity index (χ0n) is 40.3. The van der Waals surface area contributed by atoms with Crippen molar-refractivity contribution in [2.75, 3.05) is 0 Å². The molecule has 70 heavy (non-hydrogen) atoms. The third kappa shape index (κ3) is 7.78. The summed E-state index contributed by atoms with van der Waals surface area (Å²) in [5, 5.41) is 9.19. The third-order valence-electron chi connectivity index (χ3n) is 13.1. The van der Waals surface area contributed by atoms with Gasteiger partial charge in [-0.3, -0.25) is 0 Å². The van der Waals surface area contributed by atoms with E-state index in [1.807, 2.05) is 58.0 Å². The second-order valence-electron chi connectivity index (χ2n) is 17.3. The van der Waals surface area contributed by atoms with E-state index >= 15 is 0 Å². The first-order valence-electron chi connectivity index (χ1n) is 24.4. The molecule has 4 aromatic heterocycles. The average Bonchev–Trinajstić information content (AvgIpc) is 4.20. The van der Waals surface area contributed by atoms with Crippen LogP contribution < -0.4 is 0 Å². The fourth-order valence-electron chi connectivity index (χ4n) is 9.80. The second-order valence-corrected chi connectivity index (χ2v) is 17.3. The van der Waals surface area contributed by atoms with Crippen LogP contribution in [0.5, 0.6) is 0 Å². The predicted molar refractivity (Wildman–Crippen MR) is 296 cm³/mol. The van der Waals surface area contributed by atoms with E-state index in [1.165, 1.54) is 33.2 Å². The first kappa shape index (κ1) is 43.9. The molecule has 0 radical (unpaired) electrons. The molecule has 14 aromatic rings. The third-order valence-corrected chi connectivity index (χ3v) is 13.1. The van der Waals surface area contributed by atoms with Gasteiger partial charge in [-0.1, -0.05) is 161 Å². The minimum Gasteiger partial charge on any atom is -0.456 e. The number of hydrogen-bond acceptors (Lipinski definition) is 4. The molecule has 4 heteroatoms. The Morgan fingerprint density at radius 3 is 1.31 bits per heavy atom. The van der Waals surface area contributed by atoms with Crippen LogP contribution in [0.25, 0.3) is 132 Å². The molecule has 0 aliphatic carbocycles. The highest BCUT2D eigenvalue weighted by Crippen LogP contribution is 2.42. The maximum atomic E-state index is 6.34. The highest BCUT2D eigenvalue weighted by Gasteiger charge is 2.17. The minimum absolute atomic E-state index is 0.911. The molecule has 0 unspecified atom stereocenters. The van der Waals surface area contributed by atoms with E-state index in [4.69, 9.17) is 17.7 Å². The molecule has 4 nitrogen and oxygen atoms in total. The molecule has 0 aliphatic heterocycles. The molecular weight excluding hydrogens is 857 g/mol. The van der Waals surface area contributed by atoms with Gasteiger partial charge in [0.15, 0.2) is 0 Å². The minimum atomic E-state index is 0.911. The van der Waals surface area contributed by atoms with Crippen molar-refractivity contribution in [2.24, 2.45) is 0 Å². The Hall–Kier alpha value is -8.60. The maximum absolute atomic E-state index is 6.34. The Balaban J connectivity index is 0.000000143. The van der Waals surface area contributed by atoms with Crippen molar-refractivity contribution in [3.63, 3.8) is 0 Å². The van der Waals surface area contributed by atoms with Gasteiger partial charge in [0.2, 0.25) is 0 Å². The van der Waals surface area contributed by atoms with Gasteiger partial charge in [0.05, 0.1) is 0 Å². The molecule has 0 amide bonds. The van der Waals surface area contributed by atoms with Crippen molar-refractivity contribution in [3.8, 4) is 44.5 Å². The Labute approximate surface area is 407 Å². The summed E-state index contributed by atoms with van der Waals surface area (Å²) >= 11 is 0. The number of fused-ring (bicyclic) bond motifs is 12. The molecule has 0 fully saturated rings. The van der Waals surface area contributed by atoms with Gasteiger partial charge in [-0.15, -0.1) is 0 Å². The molecule has 0 saturated carbocycles. The highest BCUT2D eigenvalue weighted by molar-refractivity contribution is 6.13. The lowest BCUT2D eigenvalue weighted by atomic mass is 9.95. The molecular formula is C66H52O4. The summed E-state index contributed by atoms with van der Waals surface area (Å²) in [7, 11) is 0. The van der Waals surface area contributed by atoms with Crippen molar-refractivity contribution in [2.45, 2.75) is 41.5 Å². The molecule has 0 spiro atoms. The van der Waals surface area contributed by atoms with Gasteiger partial charge >= 0.3 is 0 Å². The number of benzene rings is 10. The largest absolute Gasteiger partial charge is 0.456 e. The van der Waals surface area contributed by atoms with E-state index in [-0.39, 0.29) is 0 Å². The molecule has 340 valence electrons. The number of para-hydroxylation sites is 3. The molecule has 14 rings (SSSR count). The monoisotopic (exact) mass is 908 g/mol. The zero-order chi connectivity index (χ0) is 47.9. The Bertz CT molecular complexity index is 4190. The van der Waals surface area contributed by atoms with Crippen LogP contribution >= 0.6 is 0 Å². The molecule has 0 bridgehead atoms. The van der Waals surface area contributed by atoms with Gasteiger partial charge in [0.1, 0.15) is 44.7 Å². The van der Waals surface area contributed by atoms with Crippen LogP contribution in [0.4, 0.5) is 0 Å². The predicted octanol–water partition coefficient (Wildman–Crippen LogP) is 20.3. The molecule has 0 N–H and O–H groups in total. The fraction of sp³-hybridized carbons (Fsp3) is 0.0909. The number of aryl methyl sites for hydroxylation is 2. The summed E-state index contributed by atoms with van der Waals surface area (Å²) in [5.74, 6) is 0. The lowest BCUT2D eigenvalue weighted by Crippen LogP contribution is -1.84. The molecule has 4 heterocycles. The van der Waals surface area contributed by atoms with Crippen LogP contribution in [0.3, 0.4) is 0 Å². The standard InChI is InChI=1S/2C31H20O2.2C2H6/c1-19-6-4-10-25-27-18-23(13-15-30(27)33-31(19)25)21-8-5-7-20(16-21)22-12-14-29-26(17-22)24-9-2-3-11-28(24)32-29;1-19-11-13-29-25(15-19)26-16-21(12-14-30(26)32-29)22-17-24(20-7-3-2-4-8-20)31-27(18-22)23-9-5-6-10-28(23)33-31;2*1-2/h2*2-18H,1H3;2*1-2H3. The number of furan rings is 4. The lowest BCUT2D eigenvalue weighted by molar-refractivity contribution is 0.666. The van der Waals surface area contributed by atoms with Crippen molar-refractivity contribution < 1.29 is 17.7 Å². The smallest absolute Gasteiger partial charge is 0.143 e. The van der Waals surface area contributed by atoms with E-state index < -0.39 is 0 Å². The molecule has 0 atom stereocenters. The normalized spacial score (nSPS) is 11.3. The topological polar surface area (TPSA) is 52.6 Å². The van der Waals surface area contributed by atoms with Gasteiger partial charge in [0.25, 0.3) is 0 Å². The van der Waals surface area contributed by atoms with Gasteiger partial charge in [0, 0.05) is 48.7 Å². The first-order valence-corrected chi connectivity index (χ1v) is 24.4. The summed E-state index contributed by atoms with van der Waals surface area (Å²) in [6.07, 6.45) is 0. The Kier molecular flexibility index (Phi) is 11.6. The van der Waals surface area contributed by atoms with E-state index in [0.29, 0.717) is 0 Å². The van der Waals surface area contributed by atoms with Gasteiger partial charge in [-0.25, -0.2) is 0 Å². The van der Waals surface area contributed by atoms with Gasteiger partial charge in [-0.05, 0) is 137 Å². The van der Waals surface area contributed by atoms with Crippen LogP contribution in [0.15, 0.2) is 224 Å². The zero-order valence-corrected chi connectivity index (χ0v) is 40.3. The van der Waals surface area contributed by atoms with E-state index in [1.54, 1.807) is 0 Å². The van der Waals surface area contributed by atoms with E-state index in [9.17, 15) is 0 Å². The van der Waals surface area contributed by atoms with E-state index in [0.717, 1.165) is 110 Å². The average molecular weight is 909 g/mol. The van der Waals surface area contributed by atoms with Crippen LogP contribution in [0.2, 0.25) is 0 Å².